The van der Waals surface area contributed by atoms with Crippen LogP contribution in [0.2, 0.25) is 0 Å². The molecule has 1 aromatic rings. The summed E-state index contributed by atoms with van der Waals surface area (Å²) in [7, 11) is 1.92. The van der Waals surface area contributed by atoms with E-state index in [4.69, 9.17) is 0 Å². The van der Waals surface area contributed by atoms with Gasteiger partial charge in [-0.15, -0.1) is 0 Å². The molecule has 21 heavy (non-hydrogen) atoms. The van der Waals surface area contributed by atoms with Crippen LogP contribution in [0.1, 0.15) is 23.2 Å². The summed E-state index contributed by atoms with van der Waals surface area (Å²) in [6.07, 6.45) is 1.92. The minimum Gasteiger partial charge on any atom is -0.435 e. The number of likely N-dealkylation sites (tertiary alicyclic amines) is 1. The van der Waals surface area contributed by atoms with Crippen molar-refractivity contribution in [3.05, 3.63) is 29.8 Å². The maximum absolute atomic E-state index is 12.4. The highest BCUT2D eigenvalue weighted by Gasteiger charge is 2.23. The van der Waals surface area contributed by atoms with Crippen molar-refractivity contribution >= 4 is 5.91 Å². The molecule has 1 amide bonds. The van der Waals surface area contributed by atoms with Crippen LogP contribution in [0.15, 0.2) is 24.3 Å². The van der Waals surface area contributed by atoms with E-state index in [9.17, 15) is 13.6 Å². The van der Waals surface area contributed by atoms with Crippen molar-refractivity contribution in [2.75, 3.05) is 26.7 Å². The van der Waals surface area contributed by atoms with Gasteiger partial charge in [-0.1, -0.05) is 6.07 Å². The number of carbonyl (C=O) groups is 1. The average molecular weight is 298 g/mol. The van der Waals surface area contributed by atoms with Gasteiger partial charge in [-0.2, -0.15) is 8.78 Å². The van der Waals surface area contributed by atoms with Crippen LogP contribution in [-0.2, 0) is 0 Å². The standard InChI is InChI=1S/C15H20F2N2O2/c1-18-10-11-5-7-19(8-6-11)14(20)12-3-2-4-13(9-12)21-15(16)17/h2-4,9,11,15,18H,5-8,10H2,1H3. The third kappa shape index (κ3) is 4.39. The fraction of sp³-hybridized carbons (Fsp3) is 0.533. The molecule has 1 aliphatic rings. The van der Waals surface area contributed by atoms with Gasteiger partial charge in [-0.05, 0) is 50.6 Å². The molecule has 1 fully saturated rings. The summed E-state index contributed by atoms with van der Waals surface area (Å²) in [4.78, 5) is 14.1. The Morgan fingerprint density at radius 1 is 1.43 bits per heavy atom. The lowest BCUT2D eigenvalue weighted by Crippen LogP contribution is -2.40. The van der Waals surface area contributed by atoms with E-state index in [1.165, 1.54) is 12.1 Å². The molecule has 0 unspecified atom stereocenters. The maximum Gasteiger partial charge on any atom is 0.387 e. The molecular formula is C15H20F2N2O2. The molecule has 0 atom stereocenters. The maximum atomic E-state index is 12.4. The summed E-state index contributed by atoms with van der Waals surface area (Å²) in [5, 5.41) is 3.15. The van der Waals surface area contributed by atoms with Crippen molar-refractivity contribution in [2.45, 2.75) is 19.5 Å². The number of nitrogens with zero attached hydrogens (tertiary/aromatic N) is 1. The predicted molar refractivity (Wildman–Crippen MR) is 75.6 cm³/mol. The molecule has 6 heteroatoms. The van der Waals surface area contributed by atoms with E-state index in [1.807, 2.05) is 7.05 Å². The van der Waals surface area contributed by atoms with Gasteiger partial charge in [0.1, 0.15) is 5.75 Å². The highest BCUT2D eigenvalue weighted by atomic mass is 19.3. The van der Waals surface area contributed by atoms with Crippen molar-refractivity contribution in [1.29, 1.82) is 0 Å². The van der Waals surface area contributed by atoms with Crippen molar-refractivity contribution in [1.82, 2.24) is 10.2 Å². The van der Waals surface area contributed by atoms with Gasteiger partial charge < -0.3 is 15.0 Å². The largest absolute Gasteiger partial charge is 0.435 e. The van der Waals surface area contributed by atoms with Crippen molar-refractivity contribution in [3.63, 3.8) is 0 Å². The normalized spacial score (nSPS) is 16.3. The molecule has 1 saturated heterocycles. The molecule has 0 saturated carbocycles. The smallest absolute Gasteiger partial charge is 0.387 e. The Labute approximate surface area is 123 Å². The lowest BCUT2D eigenvalue weighted by molar-refractivity contribution is -0.0499. The lowest BCUT2D eigenvalue weighted by Gasteiger charge is -2.32. The van der Waals surface area contributed by atoms with E-state index in [0.717, 1.165) is 19.4 Å². The van der Waals surface area contributed by atoms with Gasteiger partial charge in [0.25, 0.3) is 5.91 Å². The molecule has 0 bridgehead atoms. The Balaban J connectivity index is 1.97. The SMILES string of the molecule is CNCC1CCN(C(=O)c2cccc(OC(F)F)c2)CC1. The molecule has 0 spiro atoms. The van der Waals surface area contributed by atoms with Crippen molar-refractivity contribution in [3.8, 4) is 5.75 Å². The number of carbonyl (C=O) groups excluding carboxylic acids is 1. The Kier molecular flexibility index (Phi) is 5.50. The van der Waals surface area contributed by atoms with E-state index in [2.05, 4.69) is 10.1 Å². The number of hydrogen-bond donors (Lipinski definition) is 1. The molecule has 0 radical (unpaired) electrons. The molecule has 1 aromatic carbocycles. The minimum absolute atomic E-state index is 0.0147. The molecule has 0 aromatic heterocycles. The number of ether oxygens (including phenoxy) is 1. The minimum atomic E-state index is -2.88. The van der Waals surface area contributed by atoms with Crippen LogP contribution in [0.5, 0.6) is 5.75 Å². The fourth-order valence-electron chi connectivity index (χ4n) is 2.62. The van der Waals surface area contributed by atoms with Crippen LogP contribution in [0, 0.1) is 5.92 Å². The molecule has 1 aliphatic heterocycles. The number of alkyl halides is 2. The van der Waals surface area contributed by atoms with Crippen LogP contribution in [-0.4, -0.2) is 44.1 Å². The third-order valence-corrected chi connectivity index (χ3v) is 3.70. The van der Waals surface area contributed by atoms with Crippen LogP contribution in [0.3, 0.4) is 0 Å². The average Bonchev–Trinajstić information content (AvgIpc) is 2.47. The lowest BCUT2D eigenvalue weighted by atomic mass is 9.96. The quantitative estimate of drug-likeness (QED) is 0.907. The fourth-order valence-corrected chi connectivity index (χ4v) is 2.62. The van der Waals surface area contributed by atoms with Gasteiger partial charge in [-0.25, -0.2) is 0 Å². The van der Waals surface area contributed by atoms with Gasteiger partial charge in [0, 0.05) is 18.7 Å². The number of benzene rings is 1. The summed E-state index contributed by atoms with van der Waals surface area (Å²) in [5.74, 6) is 0.478. The number of nitrogens with one attached hydrogen (secondary N) is 1. The zero-order chi connectivity index (χ0) is 15.2. The Hall–Kier alpha value is -1.69. The zero-order valence-electron chi connectivity index (χ0n) is 12.0. The summed E-state index contributed by atoms with van der Waals surface area (Å²) in [6, 6.07) is 5.97. The third-order valence-electron chi connectivity index (χ3n) is 3.70. The summed E-state index contributed by atoms with van der Waals surface area (Å²) < 4.78 is 28.7. The molecule has 4 nitrogen and oxygen atoms in total. The van der Waals surface area contributed by atoms with Crippen LogP contribution < -0.4 is 10.1 Å². The first kappa shape index (κ1) is 15.7. The van der Waals surface area contributed by atoms with Crippen molar-refractivity contribution in [2.24, 2.45) is 5.92 Å². The van der Waals surface area contributed by atoms with Crippen molar-refractivity contribution < 1.29 is 18.3 Å². The number of rotatable bonds is 5. The predicted octanol–water partition coefficient (Wildman–Crippen LogP) is 2.36. The molecule has 1 heterocycles. The second kappa shape index (κ2) is 7.36. The van der Waals surface area contributed by atoms with E-state index in [-0.39, 0.29) is 11.7 Å². The van der Waals surface area contributed by atoms with Gasteiger partial charge in [0.2, 0.25) is 0 Å². The van der Waals surface area contributed by atoms with Crippen LogP contribution in [0.25, 0.3) is 0 Å². The first-order valence-electron chi connectivity index (χ1n) is 7.09. The van der Waals surface area contributed by atoms with Crippen LogP contribution in [0.4, 0.5) is 8.78 Å². The highest BCUT2D eigenvalue weighted by Crippen LogP contribution is 2.21. The first-order chi connectivity index (χ1) is 10.1. The Morgan fingerprint density at radius 3 is 2.76 bits per heavy atom. The number of halogens is 2. The van der Waals surface area contributed by atoms with E-state index in [0.29, 0.717) is 24.6 Å². The van der Waals surface area contributed by atoms with Gasteiger partial charge in [-0.3, -0.25) is 4.79 Å². The van der Waals surface area contributed by atoms with E-state index in [1.54, 1.807) is 17.0 Å². The molecule has 0 aliphatic carbocycles. The Morgan fingerprint density at radius 2 is 2.14 bits per heavy atom. The molecule has 1 N–H and O–H groups in total. The second-order valence-electron chi connectivity index (χ2n) is 5.20. The second-order valence-corrected chi connectivity index (χ2v) is 5.20. The molecule has 2 rings (SSSR count). The molecule has 116 valence electrons. The number of hydrogen-bond acceptors (Lipinski definition) is 3. The number of amides is 1. The van der Waals surface area contributed by atoms with E-state index >= 15 is 0 Å². The van der Waals surface area contributed by atoms with Crippen LogP contribution >= 0.6 is 0 Å². The Bertz CT molecular complexity index is 474. The van der Waals surface area contributed by atoms with Gasteiger partial charge in [0.05, 0.1) is 0 Å². The first-order valence-corrected chi connectivity index (χ1v) is 7.09. The highest BCUT2D eigenvalue weighted by molar-refractivity contribution is 5.94. The summed E-state index contributed by atoms with van der Waals surface area (Å²) >= 11 is 0. The van der Waals surface area contributed by atoms with E-state index < -0.39 is 6.61 Å². The summed E-state index contributed by atoms with van der Waals surface area (Å²) in [6.45, 7) is -0.525. The van der Waals surface area contributed by atoms with Gasteiger partial charge in [0.15, 0.2) is 0 Å². The number of piperidine rings is 1. The molecular weight excluding hydrogens is 278 g/mol. The topological polar surface area (TPSA) is 41.6 Å². The van der Waals surface area contributed by atoms with Gasteiger partial charge >= 0.3 is 6.61 Å². The zero-order valence-corrected chi connectivity index (χ0v) is 12.0. The monoisotopic (exact) mass is 298 g/mol. The summed E-state index contributed by atoms with van der Waals surface area (Å²) in [5.41, 5.74) is 0.389.